The monoisotopic (exact) mass is 597 g/mol. The molecule has 6 rings (SSSR count). The van der Waals surface area contributed by atoms with E-state index in [0.717, 1.165) is 26.9 Å². The van der Waals surface area contributed by atoms with E-state index in [0.29, 0.717) is 46.8 Å². The molecule has 1 aliphatic heterocycles. The largest absolute Gasteiger partial charge is 0.489 e. The van der Waals surface area contributed by atoms with Gasteiger partial charge in [-0.1, -0.05) is 98.7 Å². The number of benzene rings is 2. The average Bonchev–Trinajstić information content (AvgIpc) is 3.44. The van der Waals surface area contributed by atoms with Crippen LogP contribution in [0.25, 0.3) is 0 Å². The topological polar surface area (TPSA) is 105 Å². The number of ketones is 1. The van der Waals surface area contributed by atoms with Crippen molar-refractivity contribution in [3.05, 3.63) is 88.4 Å². The number of hydrogen-bond acceptors (Lipinski definition) is 9. The van der Waals surface area contributed by atoms with Crippen molar-refractivity contribution in [1.29, 1.82) is 5.26 Å². The van der Waals surface area contributed by atoms with Gasteiger partial charge in [-0.2, -0.15) is 5.26 Å². The highest BCUT2D eigenvalue weighted by Crippen LogP contribution is 2.51. The van der Waals surface area contributed by atoms with Gasteiger partial charge in [-0.15, -0.1) is 10.2 Å². The van der Waals surface area contributed by atoms with Gasteiger partial charge in [0.05, 0.1) is 17.6 Å². The molecule has 0 bridgehead atoms. The molecule has 7 nitrogen and oxygen atoms in total. The third kappa shape index (κ3) is 5.83. The van der Waals surface area contributed by atoms with E-state index in [9.17, 15) is 10.1 Å². The predicted octanol–water partition coefficient (Wildman–Crippen LogP) is 7.48. The molecule has 0 radical (unpaired) electrons. The second-order valence-corrected chi connectivity index (χ2v) is 14.6. The molecule has 1 aromatic heterocycles. The van der Waals surface area contributed by atoms with Crippen molar-refractivity contribution in [3.8, 4) is 11.8 Å². The number of Topliss-reactive ketones (excluding diaryl/α,β-unsaturated/α-hetero) is 1. The minimum Gasteiger partial charge on any atom is -0.489 e. The van der Waals surface area contributed by atoms with Crippen LogP contribution in [0.1, 0.15) is 75.8 Å². The maximum Gasteiger partial charge on any atom is 0.219 e. The van der Waals surface area contributed by atoms with E-state index in [1.54, 1.807) is 11.8 Å². The highest BCUT2D eigenvalue weighted by Gasteiger charge is 2.45. The fourth-order valence-corrected chi connectivity index (χ4v) is 8.61. The van der Waals surface area contributed by atoms with Crippen LogP contribution in [0, 0.1) is 16.7 Å². The summed E-state index contributed by atoms with van der Waals surface area (Å²) in [5.74, 6) is 0.540. The molecule has 0 spiro atoms. The van der Waals surface area contributed by atoms with Gasteiger partial charge in [0.2, 0.25) is 5.13 Å². The first-order valence-corrected chi connectivity index (χ1v) is 16.3. The third-order valence-corrected chi connectivity index (χ3v) is 10.6. The van der Waals surface area contributed by atoms with Crippen molar-refractivity contribution in [2.45, 2.75) is 80.9 Å². The molecule has 2 aliphatic carbocycles. The number of thioether (sulfide) groups is 1. The van der Waals surface area contributed by atoms with Crippen molar-refractivity contribution < 1.29 is 9.53 Å². The van der Waals surface area contributed by atoms with Crippen molar-refractivity contribution in [2.75, 3.05) is 4.90 Å². The van der Waals surface area contributed by atoms with Crippen molar-refractivity contribution in [1.82, 2.24) is 10.2 Å². The number of nitrogens with zero attached hydrogens (tertiary/aromatic N) is 4. The second-order valence-electron chi connectivity index (χ2n) is 12.1. The van der Waals surface area contributed by atoms with E-state index in [-0.39, 0.29) is 11.2 Å². The Labute approximate surface area is 255 Å². The number of nitriles is 1. The van der Waals surface area contributed by atoms with Crippen molar-refractivity contribution in [2.24, 2.45) is 11.1 Å². The predicted molar refractivity (Wildman–Crippen MR) is 167 cm³/mol. The van der Waals surface area contributed by atoms with Crippen molar-refractivity contribution >= 4 is 34.0 Å². The first-order chi connectivity index (χ1) is 20.3. The second kappa shape index (κ2) is 11.9. The molecule has 3 aromatic rings. The lowest BCUT2D eigenvalue weighted by atomic mass is 9.68. The van der Waals surface area contributed by atoms with E-state index < -0.39 is 5.92 Å². The summed E-state index contributed by atoms with van der Waals surface area (Å²) in [5.41, 5.74) is 10.3. The van der Waals surface area contributed by atoms with Crippen LogP contribution in [0.4, 0.5) is 5.13 Å². The highest BCUT2D eigenvalue weighted by molar-refractivity contribution is 8.01. The standard InChI is InChI=1S/C33H35N5O2S2/c1-33(2)17-26-29(27(39)18-33)28(22-13-15-23(16-14-22)40-20-21-9-5-3-6-10-21)25(19-34)30(35)38(26)31-36-37-32(42-31)41-24-11-7-4-8-12-24/h3,5-6,9-10,13-16,24,28H,4,7-8,11-12,17-18,20,35H2,1-2H3. The summed E-state index contributed by atoms with van der Waals surface area (Å²) < 4.78 is 6.89. The van der Waals surface area contributed by atoms with Gasteiger partial charge in [0.1, 0.15) is 18.2 Å². The maximum absolute atomic E-state index is 13.8. The molecule has 0 saturated heterocycles. The number of aromatic nitrogens is 2. The van der Waals surface area contributed by atoms with Gasteiger partial charge < -0.3 is 10.5 Å². The lowest BCUT2D eigenvalue weighted by molar-refractivity contribution is -0.118. The molecular weight excluding hydrogens is 563 g/mol. The summed E-state index contributed by atoms with van der Waals surface area (Å²) in [5, 5.41) is 20.6. The Balaban J connectivity index is 1.34. The maximum atomic E-state index is 13.8. The number of rotatable bonds is 7. The number of carbonyl (C=O) groups excluding carboxylic acids is 1. The van der Waals surface area contributed by atoms with E-state index in [1.165, 1.54) is 43.4 Å². The summed E-state index contributed by atoms with van der Waals surface area (Å²) in [6.07, 6.45) is 7.26. The molecule has 1 saturated carbocycles. The smallest absolute Gasteiger partial charge is 0.219 e. The van der Waals surface area contributed by atoms with Crippen LogP contribution >= 0.6 is 23.1 Å². The molecule has 1 fully saturated rings. The Morgan fingerprint density at radius 1 is 1.07 bits per heavy atom. The molecule has 1 unspecified atom stereocenters. The van der Waals surface area contributed by atoms with Gasteiger partial charge in [0.25, 0.3) is 0 Å². The summed E-state index contributed by atoms with van der Waals surface area (Å²) in [7, 11) is 0. The lowest BCUT2D eigenvalue weighted by Gasteiger charge is -2.42. The Bertz CT molecular complexity index is 1560. The van der Waals surface area contributed by atoms with E-state index in [1.807, 2.05) is 59.5 Å². The molecular formula is C33H35N5O2S2. The molecule has 1 atom stereocenters. The van der Waals surface area contributed by atoms with Crippen LogP contribution in [0.2, 0.25) is 0 Å². The first kappa shape index (κ1) is 28.5. The normalized spacial score (nSPS) is 20.8. The molecule has 2 aromatic carbocycles. The Morgan fingerprint density at radius 2 is 1.81 bits per heavy atom. The zero-order valence-electron chi connectivity index (χ0n) is 24.0. The van der Waals surface area contributed by atoms with E-state index >= 15 is 0 Å². The molecule has 2 N–H and O–H groups in total. The molecule has 42 heavy (non-hydrogen) atoms. The van der Waals surface area contributed by atoms with Crippen LogP contribution in [-0.2, 0) is 11.4 Å². The lowest BCUT2D eigenvalue weighted by Crippen LogP contribution is -2.42. The minimum absolute atomic E-state index is 0.0437. The first-order valence-electron chi connectivity index (χ1n) is 14.6. The van der Waals surface area contributed by atoms with E-state index in [4.69, 9.17) is 10.5 Å². The van der Waals surface area contributed by atoms with Crippen LogP contribution in [-0.4, -0.2) is 21.2 Å². The van der Waals surface area contributed by atoms with E-state index in [2.05, 4.69) is 30.1 Å². The summed E-state index contributed by atoms with van der Waals surface area (Å²) in [6, 6.07) is 20.0. The number of allylic oxidation sites excluding steroid dienone is 3. The van der Waals surface area contributed by atoms with Crippen LogP contribution in [0.5, 0.6) is 5.75 Å². The fraction of sp³-hybridized carbons (Fsp3) is 0.394. The van der Waals surface area contributed by atoms with Gasteiger partial charge in [0, 0.05) is 22.9 Å². The minimum atomic E-state index is -0.544. The molecule has 3 aliphatic rings. The fourth-order valence-electron chi connectivity index (χ4n) is 6.22. The van der Waals surface area contributed by atoms with Gasteiger partial charge >= 0.3 is 0 Å². The molecule has 2 heterocycles. The van der Waals surface area contributed by atoms with Crippen LogP contribution in [0.3, 0.4) is 0 Å². The SMILES string of the molecule is CC1(C)CC(=O)C2=C(C1)N(c1nnc(SC3CCCCC3)s1)C(N)=C(C#N)C2c1ccc(OCc2ccccc2)cc1. The molecule has 216 valence electrons. The number of nitrogens with two attached hydrogens (primary N) is 1. The zero-order chi connectivity index (χ0) is 29.3. The van der Waals surface area contributed by atoms with Gasteiger partial charge in [0.15, 0.2) is 10.1 Å². The number of hydrogen-bond donors (Lipinski definition) is 1. The Kier molecular flexibility index (Phi) is 8.11. The summed E-state index contributed by atoms with van der Waals surface area (Å²) >= 11 is 3.28. The quantitative estimate of drug-likeness (QED) is 0.299. The van der Waals surface area contributed by atoms with Gasteiger partial charge in [-0.25, -0.2) is 0 Å². The summed E-state index contributed by atoms with van der Waals surface area (Å²) in [6.45, 7) is 4.66. The number of carbonyl (C=O) groups is 1. The Hall–Kier alpha value is -3.61. The van der Waals surface area contributed by atoms with Gasteiger partial charge in [-0.3, -0.25) is 9.69 Å². The molecule has 0 amide bonds. The Morgan fingerprint density at radius 3 is 2.52 bits per heavy atom. The third-order valence-electron chi connectivity index (χ3n) is 8.25. The summed E-state index contributed by atoms with van der Waals surface area (Å²) in [4.78, 5) is 15.7. The zero-order valence-corrected chi connectivity index (χ0v) is 25.6. The van der Waals surface area contributed by atoms with Gasteiger partial charge in [-0.05, 0) is 47.9 Å². The van der Waals surface area contributed by atoms with Crippen LogP contribution < -0.4 is 15.4 Å². The highest BCUT2D eigenvalue weighted by atomic mass is 32.2. The number of ether oxygens (including phenoxy) is 1. The van der Waals surface area contributed by atoms with Crippen molar-refractivity contribution in [3.63, 3.8) is 0 Å². The van der Waals surface area contributed by atoms with Crippen LogP contribution in [0.15, 0.2) is 81.6 Å². The number of anilines is 1. The average molecular weight is 598 g/mol. The molecule has 9 heteroatoms.